The first kappa shape index (κ1) is 15.1. The van der Waals surface area contributed by atoms with Crippen molar-refractivity contribution in [2.75, 3.05) is 12.4 Å². The number of amides is 1. The Bertz CT molecular complexity index is 421. The van der Waals surface area contributed by atoms with Gasteiger partial charge in [-0.2, -0.15) is 0 Å². The van der Waals surface area contributed by atoms with Gasteiger partial charge in [0, 0.05) is 21.0 Å². The monoisotopic (exact) mass is 385 g/mol. The van der Waals surface area contributed by atoms with Gasteiger partial charge in [-0.15, -0.1) is 11.6 Å². The summed E-state index contributed by atoms with van der Waals surface area (Å²) in [5, 5.41) is 3.43. The third-order valence-corrected chi connectivity index (χ3v) is 4.16. The van der Waals surface area contributed by atoms with Crippen molar-refractivity contribution in [1.82, 2.24) is 5.32 Å². The summed E-state index contributed by atoms with van der Waals surface area (Å²) in [7, 11) is 0. The molecule has 17 heavy (non-hydrogen) atoms. The van der Waals surface area contributed by atoms with E-state index in [4.69, 9.17) is 23.2 Å². The molecule has 1 amide bonds. The quantitative estimate of drug-likeness (QED) is 0.617. The van der Waals surface area contributed by atoms with Crippen LogP contribution in [0.1, 0.15) is 24.2 Å². The predicted octanol–water partition coefficient (Wildman–Crippen LogP) is 3.94. The lowest BCUT2D eigenvalue weighted by molar-refractivity contribution is 0.0939. The molecule has 0 aliphatic carbocycles. The number of halogens is 3. The second kappa shape index (κ2) is 6.25. The van der Waals surface area contributed by atoms with E-state index in [1.807, 2.05) is 19.9 Å². The fourth-order valence-electron chi connectivity index (χ4n) is 1.13. The molecule has 1 N–H and O–H groups in total. The Balaban J connectivity index is 2.74. The Morgan fingerprint density at radius 3 is 2.71 bits per heavy atom. The van der Waals surface area contributed by atoms with E-state index in [0.29, 0.717) is 23.0 Å². The Labute approximate surface area is 125 Å². The third-order valence-electron chi connectivity index (χ3n) is 2.26. The molecule has 0 aliphatic rings. The summed E-state index contributed by atoms with van der Waals surface area (Å²) >= 11 is 13.8. The minimum atomic E-state index is -0.116. The molecular weight excluding hydrogens is 372 g/mol. The van der Waals surface area contributed by atoms with Crippen LogP contribution in [0.5, 0.6) is 0 Å². The number of hydrogen-bond donors (Lipinski definition) is 1. The maximum Gasteiger partial charge on any atom is 0.252 e. The van der Waals surface area contributed by atoms with E-state index in [0.717, 1.165) is 3.57 Å². The van der Waals surface area contributed by atoms with Crippen LogP contribution in [-0.2, 0) is 0 Å². The zero-order chi connectivity index (χ0) is 13.1. The molecule has 0 saturated carbocycles. The molecule has 0 heterocycles. The summed E-state index contributed by atoms with van der Waals surface area (Å²) < 4.78 is 0.883. The molecule has 0 spiro atoms. The van der Waals surface area contributed by atoms with Crippen LogP contribution in [0.25, 0.3) is 0 Å². The first-order chi connectivity index (χ1) is 7.85. The highest BCUT2D eigenvalue weighted by Crippen LogP contribution is 2.19. The minimum Gasteiger partial charge on any atom is -0.351 e. The number of rotatable bonds is 4. The van der Waals surface area contributed by atoms with Crippen LogP contribution in [-0.4, -0.2) is 18.3 Å². The van der Waals surface area contributed by atoms with Gasteiger partial charge in [0.1, 0.15) is 0 Å². The Morgan fingerprint density at radius 1 is 1.47 bits per heavy atom. The number of nitrogens with one attached hydrogen (secondary N) is 1. The van der Waals surface area contributed by atoms with E-state index in [9.17, 15) is 4.79 Å². The van der Waals surface area contributed by atoms with Crippen LogP contribution in [0.3, 0.4) is 0 Å². The second-order valence-corrected chi connectivity index (χ2v) is 6.47. The second-order valence-electron chi connectivity index (χ2n) is 4.60. The lowest BCUT2D eigenvalue weighted by atomic mass is 9.96. The molecule has 0 aromatic heterocycles. The van der Waals surface area contributed by atoms with E-state index in [1.54, 1.807) is 12.1 Å². The fourth-order valence-corrected chi connectivity index (χ4v) is 1.98. The molecular formula is C12H14Cl2INO. The molecule has 5 heteroatoms. The first-order valence-corrected chi connectivity index (χ1v) is 7.14. The Kier molecular flexibility index (Phi) is 5.54. The van der Waals surface area contributed by atoms with Gasteiger partial charge in [-0.3, -0.25) is 4.79 Å². The van der Waals surface area contributed by atoms with Gasteiger partial charge >= 0.3 is 0 Å². The van der Waals surface area contributed by atoms with Crippen molar-refractivity contribution in [3.63, 3.8) is 0 Å². The predicted molar refractivity (Wildman–Crippen MR) is 81.0 cm³/mol. The summed E-state index contributed by atoms with van der Waals surface area (Å²) in [5.74, 6) is 0.384. The summed E-state index contributed by atoms with van der Waals surface area (Å²) in [5.41, 5.74) is 0.491. The number of carbonyl (C=O) groups is 1. The SMILES string of the molecule is CC(C)(CCl)CNC(=O)c1cc(Cl)ccc1I. The number of alkyl halides is 1. The molecule has 0 fully saturated rings. The zero-order valence-corrected chi connectivity index (χ0v) is 13.4. The molecule has 1 aromatic carbocycles. The molecule has 1 rings (SSSR count). The summed E-state index contributed by atoms with van der Waals surface area (Å²) in [6.07, 6.45) is 0. The van der Waals surface area contributed by atoms with Crippen molar-refractivity contribution >= 4 is 51.7 Å². The van der Waals surface area contributed by atoms with Crippen LogP contribution in [0, 0.1) is 8.99 Å². The normalized spacial score (nSPS) is 11.4. The van der Waals surface area contributed by atoms with Crippen LogP contribution >= 0.6 is 45.8 Å². The van der Waals surface area contributed by atoms with Crippen molar-refractivity contribution in [3.05, 3.63) is 32.4 Å². The van der Waals surface area contributed by atoms with Gasteiger partial charge in [0.15, 0.2) is 0 Å². The number of hydrogen-bond acceptors (Lipinski definition) is 1. The third kappa shape index (κ3) is 4.64. The molecule has 2 nitrogen and oxygen atoms in total. The van der Waals surface area contributed by atoms with Crippen LogP contribution in [0.15, 0.2) is 18.2 Å². The van der Waals surface area contributed by atoms with E-state index >= 15 is 0 Å². The van der Waals surface area contributed by atoms with Gasteiger partial charge in [-0.05, 0) is 46.2 Å². The number of benzene rings is 1. The molecule has 94 valence electrons. The van der Waals surface area contributed by atoms with Gasteiger partial charge in [0.2, 0.25) is 0 Å². The smallest absolute Gasteiger partial charge is 0.252 e. The zero-order valence-electron chi connectivity index (χ0n) is 9.69. The van der Waals surface area contributed by atoms with Gasteiger partial charge in [-0.1, -0.05) is 25.4 Å². The molecule has 0 radical (unpaired) electrons. The Hall–Kier alpha value is -0.000000000000000111. The lowest BCUT2D eigenvalue weighted by Crippen LogP contribution is -2.35. The molecule has 0 bridgehead atoms. The molecule has 0 unspecified atom stereocenters. The molecule has 0 atom stereocenters. The van der Waals surface area contributed by atoms with Crippen molar-refractivity contribution in [1.29, 1.82) is 0 Å². The van der Waals surface area contributed by atoms with E-state index < -0.39 is 0 Å². The standard InChI is InChI=1S/C12H14Cl2INO/c1-12(2,6-13)7-16-11(17)9-5-8(14)3-4-10(9)15/h3-5H,6-7H2,1-2H3,(H,16,17). The highest BCUT2D eigenvalue weighted by molar-refractivity contribution is 14.1. The van der Waals surface area contributed by atoms with Crippen LogP contribution < -0.4 is 5.32 Å². The van der Waals surface area contributed by atoms with Gasteiger partial charge in [0.05, 0.1) is 5.56 Å². The van der Waals surface area contributed by atoms with Gasteiger partial charge < -0.3 is 5.32 Å². The average molecular weight is 386 g/mol. The average Bonchev–Trinajstić information content (AvgIpc) is 2.29. The Morgan fingerprint density at radius 2 is 2.12 bits per heavy atom. The highest BCUT2D eigenvalue weighted by atomic mass is 127. The molecule has 0 aliphatic heterocycles. The van der Waals surface area contributed by atoms with Crippen LogP contribution in [0.2, 0.25) is 5.02 Å². The fraction of sp³-hybridized carbons (Fsp3) is 0.417. The van der Waals surface area contributed by atoms with Crippen molar-refractivity contribution in [2.24, 2.45) is 5.41 Å². The van der Waals surface area contributed by atoms with Crippen LogP contribution in [0.4, 0.5) is 0 Å². The topological polar surface area (TPSA) is 29.1 Å². The highest BCUT2D eigenvalue weighted by Gasteiger charge is 2.18. The molecule has 0 saturated heterocycles. The maximum atomic E-state index is 12.0. The number of carbonyl (C=O) groups excluding carboxylic acids is 1. The lowest BCUT2D eigenvalue weighted by Gasteiger charge is -2.21. The van der Waals surface area contributed by atoms with Crippen molar-refractivity contribution in [2.45, 2.75) is 13.8 Å². The molecule has 1 aromatic rings. The first-order valence-electron chi connectivity index (χ1n) is 5.15. The largest absolute Gasteiger partial charge is 0.351 e. The minimum absolute atomic E-state index is 0.110. The van der Waals surface area contributed by atoms with Gasteiger partial charge in [-0.25, -0.2) is 0 Å². The van der Waals surface area contributed by atoms with Crippen molar-refractivity contribution < 1.29 is 4.79 Å². The summed E-state index contributed by atoms with van der Waals surface area (Å²) in [6, 6.07) is 5.26. The summed E-state index contributed by atoms with van der Waals surface area (Å²) in [4.78, 5) is 12.0. The van der Waals surface area contributed by atoms with E-state index in [2.05, 4.69) is 27.9 Å². The van der Waals surface area contributed by atoms with Gasteiger partial charge in [0.25, 0.3) is 5.91 Å². The van der Waals surface area contributed by atoms with Crippen molar-refractivity contribution in [3.8, 4) is 0 Å². The van der Waals surface area contributed by atoms with E-state index in [1.165, 1.54) is 0 Å². The van der Waals surface area contributed by atoms with E-state index in [-0.39, 0.29) is 11.3 Å². The summed E-state index contributed by atoms with van der Waals surface area (Å²) in [6.45, 7) is 4.55. The maximum absolute atomic E-state index is 12.0.